The zero-order valence-corrected chi connectivity index (χ0v) is 17.3. The Balaban J connectivity index is 1.51. The van der Waals surface area contributed by atoms with Gasteiger partial charge in [0.2, 0.25) is 0 Å². The van der Waals surface area contributed by atoms with Gasteiger partial charge in [0, 0.05) is 11.6 Å². The normalized spacial score (nSPS) is 11.2. The number of benzene rings is 2. The minimum atomic E-state index is -0.246. The molecule has 0 fully saturated rings. The maximum absolute atomic E-state index is 13.3. The van der Waals surface area contributed by atoms with Crippen molar-refractivity contribution in [2.24, 2.45) is 0 Å². The number of H-pyrrole nitrogens is 1. The summed E-state index contributed by atoms with van der Waals surface area (Å²) in [6.07, 6.45) is 6.54. The number of furan rings is 1. The lowest BCUT2D eigenvalue weighted by Gasteiger charge is -2.11. The molecule has 4 aromatic heterocycles. The van der Waals surface area contributed by atoms with E-state index >= 15 is 0 Å². The summed E-state index contributed by atoms with van der Waals surface area (Å²) in [7, 11) is 0. The highest BCUT2D eigenvalue weighted by Gasteiger charge is 2.16. The molecule has 0 unspecified atom stereocenters. The third-order valence-corrected chi connectivity index (χ3v) is 5.50. The molecule has 6 aromatic rings. The van der Waals surface area contributed by atoms with Crippen molar-refractivity contribution in [1.29, 1.82) is 0 Å². The van der Waals surface area contributed by atoms with Gasteiger partial charge < -0.3 is 14.7 Å². The number of anilines is 1. The van der Waals surface area contributed by atoms with Crippen LogP contribution in [0.4, 0.5) is 5.69 Å². The van der Waals surface area contributed by atoms with E-state index in [2.05, 4.69) is 20.3 Å². The highest BCUT2D eigenvalue weighted by Crippen LogP contribution is 2.31. The third kappa shape index (κ3) is 3.51. The number of nitrogens with zero attached hydrogens (tertiary/aromatic N) is 3. The van der Waals surface area contributed by atoms with Crippen molar-refractivity contribution in [3.05, 3.63) is 97.3 Å². The van der Waals surface area contributed by atoms with Crippen LogP contribution in [0, 0.1) is 0 Å². The fourth-order valence-corrected chi connectivity index (χ4v) is 3.89. The molecule has 0 aliphatic heterocycles. The molecule has 158 valence electrons. The Labute approximate surface area is 188 Å². The maximum atomic E-state index is 13.3. The summed E-state index contributed by atoms with van der Waals surface area (Å²) in [5.41, 5.74) is 6.26. The number of hydrogen-bond donors (Lipinski definition) is 2. The average molecular weight is 431 g/mol. The first kappa shape index (κ1) is 18.9. The van der Waals surface area contributed by atoms with Crippen LogP contribution in [0.15, 0.2) is 96.1 Å². The quantitative estimate of drug-likeness (QED) is 0.374. The van der Waals surface area contributed by atoms with Crippen molar-refractivity contribution in [1.82, 2.24) is 19.9 Å². The Bertz CT molecular complexity index is 1600. The van der Waals surface area contributed by atoms with Crippen LogP contribution < -0.4 is 5.32 Å². The molecule has 0 saturated heterocycles. The molecule has 4 heterocycles. The van der Waals surface area contributed by atoms with Gasteiger partial charge in [-0.3, -0.25) is 9.78 Å². The summed E-state index contributed by atoms with van der Waals surface area (Å²) in [6, 6.07) is 20.9. The summed E-state index contributed by atoms with van der Waals surface area (Å²) in [5, 5.41) is 3.67. The van der Waals surface area contributed by atoms with Crippen molar-refractivity contribution in [3.63, 3.8) is 0 Å². The van der Waals surface area contributed by atoms with Gasteiger partial charge >= 0.3 is 0 Å². The highest BCUT2D eigenvalue weighted by molar-refractivity contribution is 6.13. The molecule has 0 aliphatic carbocycles. The van der Waals surface area contributed by atoms with Crippen molar-refractivity contribution >= 4 is 33.5 Å². The molecule has 2 N–H and O–H groups in total. The smallest absolute Gasteiger partial charge is 0.256 e. The Hall–Kier alpha value is -4.78. The molecule has 7 nitrogen and oxygen atoms in total. The second-order valence-corrected chi connectivity index (χ2v) is 7.59. The molecule has 0 saturated carbocycles. The van der Waals surface area contributed by atoms with Gasteiger partial charge in [0.15, 0.2) is 5.76 Å². The van der Waals surface area contributed by atoms with Gasteiger partial charge in [0.05, 0.1) is 46.6 Å². The van der Waals surface area contributed by atoms with E-state index in [-0.39, 0.29) is 5.91 Å². The van der Waals surface area contributed by atoms with Gasteiger partial charge in [0.25, 0.3) is 5.91 Å². The summed E-state index contributed by atoms with van der Waals surface area (Å²) in [5.74, 6) is 0.352. The fourth-order valence-electron chi connectivity index (χ4n) is 3.89. The number of pyridine rings is 2. The van der Waals surface area contributed by atoms with Crippen molar-refractivity contribution < 1.29 is 9.21 Å². The number of carbonyl (C=O) groups is 1. The zero-order chi connectivity index (χ0) is 22.2. The van der Waals surface area contributed by atoms with Crippen LogP contribution in [-0.2, 0) is 0 Å². The zero-order valence-electron chi connectivity index (χ0n) is 17.3. The van der Waals surface area contributed by atoms with E-state index in [9.17, 15) is 4.79 Å². The number of carbonyl (C=O) groups excluding carboxylic acids is 1. The molecule has 0 aliphatic rings. The van der Waals surface area contributed by atoms with E-state index in [1.54, 1.807) is 49.2 Å². The second kappa shape index (κ2) is 7.72. The van der Waals surface area contributed by atoms with E-state index in [1.807, 2.05) is 42.5 Å². The summed E-state index contributed by atoms with van der Waals surface area (Å²) < 4.78 is 5.53. The van der Waals surface area contributed by atoms with Crippen LogP contribution in [0.25, 0.3) is 44.5 Å². The van der Waals surface area contributed by atoms with Gasteiger partial charge in [-0.1, -0.05) is 12.1 Å². The van der Waals surface area contributed by atoms with E-state index in [0.29, 0.717) is 28.2 Å². The molecule has 2 aromatic carbocycles. The highest BCUT2D eigenvalue weighted by atomic mass is 16.3. The predicted molar refractivity (Wildman–Crippen MR) is 127 cm³/mol. The topological polar surface area (TPSA) is 96.7 Å². The van der Waals surface area contributed by atoms with Crippen LogP contribution in [0.3, 0.4) is 0 Å². The standard InChI is InChI=1S/C26H17N5O2/c32-26(30-18-3-1-9-27-14-18)20-13-24(25-4-2-10-33-25)31-21-7-5-16(11-19(20)21)17-6-8-22-23(12-17)29-15-28-22/h1-15H,(H,28,29)(H,30,32). The number of aromatic nitrogens is 4. The predicted octanol–water partition coefficient (Wildman–Crippen LogP) is 5.69. The van der Waals surface area contributed by atoms with E-state index < -0.39 is 0 Å². The minimum absolute atomic E-state index is 0.246. The number of nitrogens with one attached hydrogen (secondary N) is 2. The number of fused-ring (bicyclic) bond motifs is 2. The van der Waals surface area contributed by atoms with Gasteiger partial charge in [-0.25, -0.2) is 9.97 Å². The van der Waals surface area contributed by atoms with Crippen molar-refractivity contribution in [2.45, 2.75) is 0 Å². The molecular formula is C26H17N5O2. The van der Waals surface area contributed by atoms with Gasteiger partial charge in [-0.2, -0.15) is 0 Å². The molecule has 33 heavy (non-hydrogen) atoms. The lowest BCUT2D eigenvalue weighted by atomic mass is 9.99. The van der Waals surface area contributed by atoms with Crippen molar-refractivity contribution in [3.8, 4) is 22.6 Å². The third-order valence-electron chi connectivity index (χ3n) is 5.50. The Morgan fingerprint density at radius 1 is 0.939 bits per heavy atom. The molecule has 6 rings (SSSR count). The number of hydrogen-bond acceptors (Lipinski definition) is 5. The molecule has 0 bridgehead atoms. The van der Waals surface area contributed by atoms with Gasteiger partial charge in [-0.15, -0.1) is 0 Å². The summed E-state index contributed by atoms with van der Waals surface area (Å²) in [4.78, 5) is 29.6. The van der Waals surface area contributed by atoms with Crippen molar-refractivity contribution in [2.75, 3.05) is 5.32 Å². The first-order valence-corrected chi connectivity index (χ1v) is 10.4. The largest absolute Gasteiger partial charge is 0.463 e. The number of imidazole rings is 1. The average Bonchev–Trinajstić information content (AvgIpc) is 3.55. The first-order valence-electron chi connectivity index (χ1n) is 10.4. The van der Waals surface area contributed by atoms with Crippen LogP contribution in [0.5, 0.6) is 0 Å². The number of amides is 1. The molecule has 1 amide bonds. The molecular weight excluding hydrogens is 414 g/mol. The summed E-state index contributed by atoms with van der Waals surface area (Å²) in [6.45, 7) is 0. The molecule has 0 radical (unpaired) electrons. The Kier molecular flexibility index (Phi) is 4.43. The van der Waals surface area contributed by atoms with Crippen LogP contribution in [-0.4, -0.2) is 25.8 Å². The van der Waals surface area contributed by atoms with Gasteiger partial charge in [0.1, 0.15) is 5.69 Å². The maximum Gasteiger partial charge on any atom is 0.256 e. The SMILES string of the molecule is O=C(Nc1cccnc1)c1cc(-c2ccco2)nc2ccc(-c3ccc4nc[nH]c4c3)cc12. The van der Waals surface area contributed by atoms with Crippen LogP contribution in [0.2, 0.25) is 0 Å². The van der Waals surface area contributed by atoms with E-state index in [4.69, 9.17) is 9.40 Å². The van der Waals surface area contributed by atoms with Crippen LogP contribution in [0.1, 0.15) is 10.4 Å². The monoisotopic (exact) mass is 431 g/mol. The Morgan fingerprint density at radius 3 is 2.64 bits per heavy atom. The number of rotatable bonds is 4. The number of aromatic amines is 1. The lowest BCUT2D eigenvalue weighted by Crippen LogP contribution is -2.13. The second-order valence-electron chi connectivity index (χ2n) is 7.59. The Morgan fingerprint density at radius 2 is 1.82 bits per heavy atom. The molecule has 0 atom stereocenters. The first-order chi connectivity index (χ1) is 16.2. The van der Waals surface area contributed by atoms with Gasteiger partial charge in [-0.05, 0) is 65.7 Å². The summed E-state index contributed by atoms with van der Waals surface area (Å²) >= 11 is 0. The van der Waals surface area contributed by atoms with E-state index in [0.717, 1.165) is 27.5 Å². The fraction of sp³-hybridized carbons (Fsp3) is 0. The lowest BCUT2D eigenvalue weighted by molar-refractivity contribution is 0.102. The molecule has 0 spiro atoms. The van der Waals surface area contributed by atoms with Crippen LogP contribution >= 0.6 is 0 Å². The van der Waals surface area contributed by atoms with E-state index in [1.165, 1.54) is 0 Å². The molecule has 7 heteroatoms. The minimum Gasteiger partial charge on any atom is -0.463 e.